The molecule has 12 heavy (non-hydrogen) atoms. The number of benzene rings is 1. The maximum atomic E-state index is 8.68. The summed E-state index contributed by atoms with van der Waals surface area (Å²) in [5.74, 6) is 0. The van der Waals surface area contributed by atoms with Crippen LogP contribution in [0.25, 0.3) is 5.57 Å². The fraction of sp³-hybridized carbons (Fsp3) is 0.100. The summed E-state index contributed by atoms with van der Waals surface area (Å²) in [6, 6.07) is 11.3. The molecule has 2 nitrogen and oxygen atoms in total. The van der Waals surface area contributed by atoms with Crippen molar-refractivity contribution in [3.8, 4) is 6.07 Å². The lowest BCUT2D eigenvalue weighted by Crippen LogP contribution is -1.82. The Morgan fingerprint density at radius 1 is 1.42 bits per heavy atom. The predicted octanol–water partition coefficient (Wildman–Crippen LogP) is 1.59. The molecule has 1 aromatic rings. The van der Waals surface area contributed by atoms with Gasteiger partial charge >= 0.3 is 0 Å². The summed E-state index contributed by atoms with van der Waals surface area (Å²) in [6.45, 7) is -0.0994. The van der Waals surface area contributed by atoms with Gasteiger partial charge in [-0.1, -0.05) is 30.3 Å². The number of nitrogens with zero attached hydrogens (tertiary/aromatic N) is 1. The molecule has 0 fully saturated rings. The van der Waals surface area contributed by atoms with E-state index in [0.717, 1.165) is 5.56 Å². The standard InChI is InChI=1S/C10H9NO/c11-8-10(6-7-12)9-4-2-1-3-5-9/h1-6,12H,7H2/b10-6-. The number of allylic oxidation sites excluding steroid dienone is 1. The third kappa shape index (κ3) is 1.94. The average Bonchev–Trinajstić information content (AvgIpc) is 2.15. The lowest BCUT2D eigenvalue weighted by molar-refractivity contribution is 0.343. The molecule has 0 unspecified atom stereocenters. The van der Waals surface area contributed by atoms with Crippen LogP contribution in [0.1, 0.15) is 5.56 Å². The summed E-state index contributed by atoms with van der Waals surface area (Å²) in [6.07, 6.45) is 1.50. The van der Waals surface area contributed by atoms with E-state index >= 15 is 0 Å². The molecule has 0 aliphatic heterocycles. The first-order valence-corrected chi connectivity index (χ1v) is 3.65. The minimum absolute atomic E-state index is 0.0994. The highest BCUT2D eigenvalue weighted by atomic mass is 16.2. The van der Waals surface area contributed by atoms with Crippen molar-refractivity contribution in [3.05, 3.63) is 42.0 Å². The molecule has 0 aliphatic rings. The fourth-order valence-corrected chi connectivity index (χ4v) is 0.937. The number of aliphatic hydroxyl groups excluding tert-OH is 1. The molecule has 60 valence electrons. The van der Waals surface area contributed by atoms with Gasteiger partial charge in [-0.05, 0) is 11.6 Å². The van der Waals surface area contributed by atoms with E-state index in [4.69, 9.17) is 10.4 Å². The normalized spacial score (nSPS) is 10.8. The number of aliphatic hydroxyl groups is 1. The third-order valence-corrected chi connectivity index (χ3v) is 1.50. The van der Waals surface area contributed by atoms with Crippen molar-refractivity contribution in [2.75, 3.05) is 6.61 Å². The van der Waals surface area contributed by atoms with Crippen molar-refractivity contribution in [1.82, 2.24) is 0 Å². The largest absolute Gasteiger partial charge is 0.392 e. The van der Waals surface area contributed by atoms with Gasteiger partial charge < -0.3 is 5.11 Å². The first-order valence-electron chi connectivity index (χ1n) is 3.65. The van der Waals surface area contributed by atoms with E-state index in [1.165, 1.54) is 6.08 Å². The molecule has 1 N–H and O–H groups in total. The van der Waals surface area contributed by atoms with Crippen LogP contribution in [0.4, 0.5) is 0 Å². The Hall–Kier alpha value is -1.59. The van der Waals surface area contributed by atoms with E-state index in [9.17, 15) is 0 Å². The van der Waals surface area contributed by atoms with Crippen molar-refractivity contribution >= 4 is 5.57 Å². The lowest BCUT2D eigenvalue weighted by atomic mass is 10.1. The SMILES string of the molecule is N#C/C(=C/CO)c1ccccc1. The summed E-state index contributed by atoms with van der Waals surface area (Å²) in [5, 5.41) is 17.3. The third-order valence-electron chi connectivity index (χ3n) is 1.50. The van der Waals surface area contributed by atoms with Crippen molar-refractivity contribution in [3.63, 3.8) is 0 Å². The highest BCUT2D eigenvalue weighted by Gasteiger charge is 1.96. The Morgan fingerprint density at radius 3 is 2.58 bits per heavy atom. The Bertz CT molecular complexity index is 308. The van der Waals surface area contributed by atoms with E-state index in [1.54, 1.807) is 0 Å². The van der Waals surface area contributed by atoms with Crippen LogP contribution in [0.2, 0.25) is 0 Å². The number of hydrogen-bond acceptors (Lipinski definition) is 2. The van der Waals surface area contributed by atoms with E-state index in [2.05, 4.69) is 0 Å². The van der Waals surface area contributed by atoms with Crippen molar-refractivity contribution in [2.45, 2.75) is 0 Å². The second kappa shape index (κ2) is 4.32. The smallest absolute Gasteiger partial charge is 0.0995 e. The zero-order chi connectivity index (χ0) is 8.81. The van der Waals surface area contributed by atoms with Crippen LogP contribution in [0.15, 0.2) is 36.4 Å². The van der Waals surface area contributed by atoms with Crippen LogP contribution in [0, 0.1) is 11.3 Å². The van der Waals surface area contributed by atoms with Gasteiger partial charge in [0.25, 0.3) is 0 Å². The zero-order valence-electron chi connectivity index (χ0n) is 6.57. The van der Waals surface area contributed by atoms with Crippen molar-refractivity contribution < 1.29 is 5.11 Å². The van der Waals surface area contributed by atoms with Gasteiger partial charge in [0.2, 0.25) is 0 Å². The monoisotopic (exact) mass is 159 g/mol. The van der Waals surface area contributed by atoms with Gasteiger partial charge in [-0.3, -0.25) is 0 Å². The molecule has 0 saturated heterocycles. The Morgan fingerprint density at radius 2 is 2.08 bits per heavy atom. The van der Waals surface area contributed by atoms with E-state index in [0.29, 0.717) is 5.57 Å². The number of hydrogen-bond donors (Lipinski definition) is 1. The van der Waals surface area contributed by atoms with Gasteiger partial charge in [-0.25, -0.2) is 0 Å². The van der Waals surface area contributed by atoms with E-state index in [1.807, 2.05) is 36.4 Å². The molecule has 0 aromatic heterocycles. The zero-order valence-corrected chi connectivity index (χ0v) is 6.57. The maximum Gasteiger partial charge on any atom is 0.0995 e. The molecule has 1 aromatic carbocycles. The van der Waals surface area contributed by atoms with Crippen LogP contribution < -0.4 is 0 Å². The van der Waals surface area contributed by atoms with Crippen molar-refractivity contribution in [1.29, 1.82) is 5.26 Å². The molecule has 0 aliphatic carbocycles. The van der Waals surface area contributed by atoms with Gasteiger partial charge in [-0.15, -0.1) is 0 Å². The van der Waals surface area contributed by atoms with Crippen LogP contribution in [0.5, 0.6) is 0 Å². The molecular formula is C10H9NO. The molecule has 0 heterocycles. The Labute approximate surface area is 71.4 Å². The topological polar surface area (TPSA) is 44.0 Å². The van der Waals surface area contributed by atoms with Gasteiger partial charge in [0, 0.05) is 0 Å². The predicted molar refractivity (Wildman–Crippen MR) is 47.1 cm³/mol. The Kier molecular flexibility index (Phi) is 3.06. The summed E-state index contributed by atoms with van der Waals surface area (Å²) in [4.78, 5) is 0. The van der Waals surface area contributed by atoms with Crippen LogP contribution in [-0.2, 0) is 0 Å². The van der Waals surface area contributed by atoms with E-state index < -0.39 is 0 Å². The summed E-state index contributed by atoms with van der Waals surface area (Å²) in [5.41, 5.74) is 1.35. The fourth-order valence-electron chi connectivity index (χ4n) is 0.937. The molecule has 1 rings (SSSR count). The Balaban J connectivity index is 2.98. The summed E-state index contributed by atoms with van der Waals surface area (Å²) < 4.78 is 0. The summed E-state index contributed by atoms with van der Waals surface area (Å²) >= 11 is 0. The van der Waals surface area contributed by atoms with Crippen LogP contribution in [-0.4, -0.2) is 11.7 Å². The van der Waals surface area contributed by atoms with Gasteiger partial charge in [-0.2, -0.15) is 5.26 Å². The molecular weight excluding hydrogens is 150 g/mol. The van der Waals surface area contributed by atoms with Crippen molar-refractivity contribution in [2.24, 2.45) is 0 Å². The lowest BCUT2D eigenvalue weighted by Gasteiger charge is -1.95. The highest BCUT2D eigenvalue weighted by Crippen LogP contribution is 2.11. The molecule has 0 bridgehead atoms. The van der Waals surface area contributed by atoms with E-state index in [-0.39, 0.29) is 6.61 Å². The highest BCUT2D eigenvalue weighted by molar-refractivity contribution is 5.76. The molecule has 0 atom stereocenters. The molecule has 0 saturated carbocycles. The minimum atomic E-state index is -0.0994. The molecule has 0 spiro atoms. The van der Waals surface area contributed by atoms with Gasteiger partial charge in [0.15, 0.2) is 0 Å². The average molecular weight is 159 g/mol. The van der Waals surface area contributed by atoms with Gasteiger partial charge in [0.05, 0.1) is 18.2 Å². The second-order valence-electron chi connectivity index (χ2n) is 2.28. The second-order valence-corrected chi connectivity index (χ2v) is 2.28. The molecule has 0 radical (unpaired) electrons. The number of nitriles is 1. The van der Waals surface area contributed by atoms with Crippen LogP contribution in [0.3, 0.4) is 0 Å². The molecule has 0 amide bonds. The maximum absolute atomic E-state index is 8.68. The van der Waals surface area contributed by atoms with Gasteiger partial charge in [0.1, 0.15) is 0 Å². The molecule has 2 heteroatoms. The summed E-state index contributed by atoms with van der Waals surface area (Å²) in [7, 11) is 0. The first-order chi connectivity index (χ1) is 5.88. The quantitative estimate of drug-likeness (QED) is 0.666. The first kappa shape index (κ1) is 8.51. The number of rotatable bonds is 2. The van der Waals surface area contributed by atoms with Crippen LogP contribution >= 0.6 is 0 Å². The minimum Gasteiger partial charge on any atom is -0.392 e.